The third-order valence-electron chi connectivity index (χ3n) is 3.81. The Hall–Kier alpha value is -1.08. The van der Waals surface area contributed by atoms with Crippen LogP contribution in [-0.2, 0) is 11.3 Å². The van der Waals surface area contributed by atoms with Crippen LogP contribution in [0.3, 0.4) is 0 Å². The van der Waals surface area contributed by atoms with E-state index >= 15 is 0 Å². The van der Waals surface area contributed by atoms with Crippen LogP contribution in [-0.4, -0.2) is 37.2 Å². The van der Waals surface area contributed by atoms with Gasteiger partial charge in [-0.1, -0.05) is 6.07 Å². The molecule has 1 fully saturated rings. The first-order valence-corrected chi connectivity index (χ1v) is 7.76. The lowest BCUT2D eigenvalue weighted by Gasteiger charge is -2.33. The molecule has 0 bridgehead atoms. The minimum absolute atomic E-state index is 0.0277. The van der Waals surface area contributed by atoms with E-state index in [1.807, 2.05) is 0 Å². The van der Waals surface area contributed by atoms with Gasteiger partial charge in [0.2, 0.25) is 0 Å². The first-order valence-electron chi connectivity index (χ1n) is 6.97. The predicted octanol–water partition coefficient (Wildman–Crippen LogP) is 4.01. The van der Waals surface area contributed by atoms with E-state index < -0.39 is 18.1 Å². The number of piperidine rings is 1. The normalized spacial score (nSPS) is 20.0. The highest BCUT2D eigenvalue weighted by atomic mass is 79.9. The number of esters is 1. The van der Waals surface area contributed by atoms with Crippen molar-refractivity contribution >= 4 is 21.9 Å². The van der Waals surface area contributed by atoms with Gasteiger partial charge in [0.25, 0.3) is 0 Å². The molecule has 0 saturated carbocycles. The number of rotatable bonds is 3. The van der Waals surface area contributed by atoms with Gasteiger partial charge in [0.15, 0.2) is 0 Å². The Morgan fingerprint density at radius 3 is 2.77 bits per heavy atom. The highest BCUT2D eigenvalue weighted by molar-refractivity contribution is 9.10. The lowest BCUT2D eigenvalue weighted by Crippen LogP contribution is -2.41. The van der Waals surface area contributed by atoms with Crippen molar-refractivity contribution in [2.45, 2.75) is 25.6 Å². The SMILES string of the molecule is COC(=O)c1ccc(CN2CCCC(C(F)(F)F)C2)cc1Br. The summed E-state index contributed by atoms with van der Waals surface area (Å²) >= 11 is 3.30. The number of carbonyl (C=O) groups is 1. The average molecular weight is 380 g/mol. The van der Waals surface area contributed by atoms with Crippen LogP contribution in [0.2, 0.25) is 0 Å². The number of hydrogen-bond acceptors (Lipinski definition) is 3. The molecule has 0 amide bonds. The second-order valence-corrected chi connectivity index (χ2v) is 6.28. The third kappa shape index (κ3) is 4.23. The first-order chi connectivity index (χ1) is 10.3. The van der Waals surface area contributed by atoms with Crippen LogP contribution in [0.15, 0.2) is 22.7 Å². The smallest absolute Gasteiger partial charge is 0.393 e. The summed E-state index contributed by atoms with van der Waals surface area (Å²) in [4.78, 5) is 13.3. The van der Waals surface area contributed by atoms with Crippen LogP contribution < -0.4 is 0 Å². The van der Waals surface area contributed by atoms with Crippen LogP contribution >= 0.6 is 15.9 Å². The van der Waals surface area contributed by atoms with Gasteiger partial charge in [0.05, 0.1) is 18.6 Å². The van der Waals surface area contributed by atoms with Gasteiger partial charge >= 0.3 is 12.1 Å². The summed E-state index contributed by atoms with van der Waals surface area (Å²) in [6.07, 6.45) is -3.38. The molecule has 0 radical (unpaired) electrons. The maximum atomic E-state index is 12.8. The summed E-state index contributed by atoms with van der Waals surface area (Å²) in [6.45, 7) is 1.12. The van der Waals surface area contributed by atoms with Gasteiger partial charge in [0, 0.05) is 17.6 Å². The Morgan fingerprint density at radius 1 is 1.45 bits per heavy atom. The molecule has 1 saturated heterocycles. The fourth-order valence-electron chi connectivity index (χ4n) is 2.66. The fraction of sp³-hybridized carbons (Fsp3) is 0.533. The highest BCUT2D eigenvalue weighted by Crippen LogP contribution is 2.33. The molecule has 3 nitrogen and oxygen atoms in total. The molecule has 1 aromatic rings. The van der Waals surface area contributed by atoms with E-state index in [9.17, 15) is 18.0 Å². The van der Waals surface area contributed by atoms with E-state index in [4.69, 9.17) is 0 Å². The monoisotopic (exact) mass is 379 g/mol. The number of likely N-dealkylation sites (tertiary alicyclic amines) is 1. The Balaban J connectivity index is 2.04. The molecule has 1 unspecified atom stereocenters. The number of methoxy groups -OCH3 is 1. The molecule has 0 N–H and O–H groups in total. The molecule has 1 heterocycles. The minimum Gasteiger partial charge on any atom is -0.465 e. The molecule has 122 valence electrons. The summed E-state index contributed by atoms with van der Waals surface area (Å²) in [5.41, 5.74) is 1.26. The van der Waals surface area contributed by atoms with E-state index in [1.165, 1.54) is 7.11 Å². The zero-order chi connectivity index (χ0) is 16.3. The Morgan fingerprint density at radius 2 is 2.18 bits per heavy atom. The molecule has 1 aliphatic heterocycles. The van der Waals surface area contributed by atoms with Crippen LogP contribution in [0.25, 0.3) is 0 Å². The average Bonchev–Trinajstić information content (AvgIpc) is 2.46. The molecule has 22 heavy (non-hydrogen) atoms. The van der Waals surface area contributed by atoms with Crippen LogP contribution in [0.5, 0.6) is 0 Å². The largest absolute Gasteiger partial charge is 0.465 e. The van der Waals surface area contributed by atoms with Gasteiger partial charge < -0.3 is 4.74 Å². The maximum Gasteiger partial charge on any atom is 0.393 e. The van der Waals surface area contributed by atoms with E-state index in [1.54, 1.807) is 23.1 Å². The van der Waals surface area contributed by atoms with Crippen molar-refractivity contribution in [1.82, 2.24) is 4.90 Å². The molecule has 1 atom stereocenters. The molecule has 0 aliphatic carbocycles. The van der Waals surface area contributed by atoms with Gasteiger partial charge in [-0.3, -0.25) is 4.90 Å². The molecule has 7 heteroatoms. The second-order valence-electron chi connectivity index (χ2n) is 5.42. The Labute approximate surface area is 135 Å². The summed E-state index contributed by atoms with van der Waals surface area (Å²) in [5, 5.41) is 0. The molecule has 2 rings (SSSR count). The second kappa shape index (κ2) is 7.00. The fourth-order valence-corrected chi connectivity index (χ4v) is 3.25. The molecule has 1 aliphatic rings. The predicted molar refractivity (Wildman–Crippen MR) is 79.5 cm³/mol. The number of halogens is 4. The maximum absolute atomic E-state index is 12.8. The quantitative estimate of drug-likeness (QED) is 0.743. The zero-order valence-corrected chi connectivity index (χ0v) is 13.7. The van der Waals surface area contributed by atoms with Crippen molar-refractivity contribution < 1.29 is 22.7 Å². The van der Waals surface area contributed by atoms with Gasteiger partial charge in [-0.2, -0.15) is 13.2 Å². The van der Waals surface area contributed by atoms with Crippen molar-refractivity contribution in [1.29, 1.82) is 0 Å². The van der Waals surface area contributed by atoms with Crippen LogP contribution in [0.4, 0.5) is 13.2 Å². The highest BCUT2D eigenvalue weighted by Gasteiger charge is 2.41. The van der Waals surface area contributed by atoms with E-state index in [2.05, 4.69) is 20.7 Å². The van der Waals surface area contributed by atoms with Gasteiger partial charge in [-0.25, -0.2) is 4.79 Å². The van der Waals surface area contributed by atoms with Crippen molar-refractivity contribution in [3.8, 4) is 0 Å². The van der Waals surface area contributed by atoms with Gasteiger partial charge in [-0.05, 0) is 53.0 Å². The zero-order valence-electron chi connectivity index (χ0n) is 12.1. The molecular weight excluding hydrogens is 363 g/mol. The summed E-state index contributed by atoms with van der Waals surface area (Å²) in [6, 6.07) is 5.12. The molecule has 0 spiro atoms. The Kier molecular flexibility index (Phi) is 5.50. The number of hydrogen-bond donors (Lipinski definition) is 0. The van der Waals surface area contributed by atoms with E-state index in [0.29, 0.717) is 29.5 Å². The van der Waals surface area contributed by atoms with Crippen molar-refractivity contribution in [3.63, 3.8) is 0 Å². The topological polar surface area (TPSA) is 29.5 Å². The summed E-state index contributed by atoms with van der Waals surface area (Å²) in [5.74, 6) is -1.70. The minimum atomic E-state index is -4.13. The number of carbonyl (C=O) groups excluding carboxylic acids is 1. The summed E-state index contributed by atoms with van der Waals surface area (Å²) < 4.78 is 43.7. The van der Waals surface area contributed by atoms with E-state index in [-0.39, 0.29) is 13.0 Å². The molecule has 0 aromatic heterocycles. The van der Waals surface area contributed by atoms with Crippen molar-refractivity contribution in [2.24, 2.45) is 5.92 Å². The molecular formula is C15H17BrF3NO2. The number of nitrogens with zero attached hydrogens (tertiary/aromatic N) is 1. The van der Waals surface area contributed by atoms with Crippen LogP contribution in [0.1, 0.15) is 28.8 Å². The Bertz CT molecular complexity index is 548. The van der Waals surface area contributed by atoms with Crippen molar-refractivity contribution in [3.05, 3.63) is 33.8 Å². The molecule has 1 aromatic carbocycles. The number of benzene rings is 1. The first kappa shape index (κ1) is 17.3. The van der Waals surface area contributed by atoms with E-state index in [0.717, 1.165) is 5.56 Å². The van der Waals surface area contributed by atoms with Gasteiger partial charge in [0.1, 0.15) is 0 Å². The standard InChI is InChI=1S/C15H17BrF3NO2/c1-22-14(21)12-5-4-10(7-13(12)16)8-20-6-2-3-11(9-20)15(17,18)19/h4-5,7,11H,2-3,6,8-9H2,1H3. The summed E-state index contributed by atoms with van der Waals surface area (Å²) in [7, 11) is 1.30. The lowest BCUT2D eigenvalue weighted by atomic mass is 9.97. The van der Waals surface area contributed by atoms with Crippen molar-refractivity contribution in [2.75, 3.05) is 20.2 Å². The third-order valence-corrected chi connectivity index (χ3v) is 4.47. The van der Waals surface area contributed by atoms with Crippen LogP contribution in [0, 0.1) is 5.92 Å². The van der Waals surface area contributed by atoms with Gasteiger partial charge in [-0.15, -0.1) is 0 Å². The lowest BCUT2D eigenvalue weighted by molar-refractivity contribution is -0.187. The number of alkyl halides is 3. The number of ether oxygens (including phenoxy) is 1.